The number of anilines is 1. The van der Waals surface area contributed by atoms with Gasteiger partial charge in [0.2, 0.25) is 5.91 Å². The van der Waals surface area contributed by atoms with Crippen LogP contribution in [0.25, 0.3) is 0 Å². The summed E-state index contributed by atoms with van der Waals surface area (Å²) in [7, 11) is 0. The third kappa shape index (κ3) is 5.39. The minimum absolute atomic E-state index is 0.0112. The van der Waals surface area contributed by atoms with Crippen LogP contribution in [0.15, 0.2) is 18.2 Å². The normalized spacial score (nSPS) is 19.2. The molecule has 2 fully saturated rings. The first-order valence-corrected chi connectivity index (χ1v) is 10.1. The Morgan fingerprint density at radius 1 is 1.14 bits per heavy atom. The second-order valence-electron chi connectivity index (χ2n) is 7.97. The molecule has 6 nitrogen and oxygen atoms in total. The highest BCUT2D eigenvalue weighted by atomic mass is 19.4. The highest BCUT2D eigenvalue weighted by Gasteiger charge is 2.35. The van der Waals surface area contributed by atoms with Gasteiger partial charge in [-0.05, 0) is 43.7 Å². The third-order valence-electron chi connectivity index (χ3n) is 6.00. The topological polar surface area (TPSA) is 75.5 Å². The number of hydrogen-bond acceptors (Lipinski definition) is 4. The Bertz CT molecular complexity index is 740. The van der Waals surface area contributed by atoms with Gasteiger partial charge in [-0.25, -0.2) is 0 Å². The van der Waals surface area contributed by atoms with Gasteiger partial charge in [0.05, 0.1) is 10.5 Å². The van der Waals surface area contributed by atoms with Crippen molar-refractivity contribution < 1.29 is 22.9 Å². The molecule has 1 saturated carbocycles. The van der Waals surface area contributed by atoms with E-state index in [4.69, 9.17) is 0 Å². The number of carbonyl (C=O) groups is 1. The average Bonchev–Trinajstić information content (AvgIpc) is 2.71. The van der Waals surface area contributed by atoms with Gasteiger partial charge in [-0.3, -0.25) is 14.9 Å². The number of carbonyl (C=O) groups excluding carboxylic acids is 1. The van der Waals surface area contributed by atoms with Crippen molar-refractivity contribution in [1.29, 1.82) is 0 Å². The molecule has 3 rings (SSSR count). The second-order valence-corrected chi connectivity index (χ2v) is 7.97. The van der Waals surface area contributed by atoms with Crippen LogP contribution in [0.2, 0.25) is 0 Å². The molecule has 1 heterocycles. The lowest BCUT2D eigenvalue weighted by atomic mass is 9.89. The van der Waals surface area contributed by atoms with E-state index in [1.54, 1.807) is 4.90 Å². The largest absolute Gasteiger partial charge is 0.416 e. The fourth-order valence-electron chi connectivity index (χ4n) is 4.28. The fraction of sp³-hybridized carbons (Fsp3) is 0.650. The molecule has 2 aliphatic rings. The smallest absolute Gasteiger partial charge is 0.366 e. The molecule has 1 aliphatic carbocycles. The van der Waals surface area contributed by atoms with Crippen LogP contribution in [-0.2, 0) is 11.0 Å². The van der Waals surface area contributed by atoms with E-state index in [2.05, 4.69) is 5.32 Å². The van der Waals surface area contributed by atoms with Crippen molar-refractivity contribution in [2.45, 2.75) is 51.1 Å². The van der Waals surface area contributed by atoms with Gasteiger partial charge < -0.3 is 10.2 Å². The second kappa shape index (κ2) is 9.00. The third-order valence-corrected chi connectivity index (χ3v) is 6.00. The molecule has 0 spiro atoms. The van der Waals surface area contributed by atoms with E-state index >= 15 is 0 Å². The summed E-state index contributed by atoms with van der Waals surface area (Å²) in [6, 6.07) is 2.61. The van der Waals surface area contributed by atoms with Gasteiger partial charge in [-0.15, -0.1) is 0 Å². The molecule has 160 valence electrons. The SMILES string of the molecule is O=C(NCC1CCCCC1)C1CCN(c2ccc(C(F)(F)F)cc2[N+](=O)[O-])CC1. The van der Waals surface area contributed by atoms with Crippen LogP contribution >= 0.6 is 0 Å². The van der Waals surface area contributed by atoms with Gasteiger partial charge in [0.1, 0.15) is 5.69 Å². The molecule has 1 aromatic carbocycles. The number of alkyl halides is 3. The van der Waals surface area contributed by atoms with Crippen molar-refractivity contribution in [1.82, 2.24) is 5.32 Å². The van der Waals surface area contributed by atoms with E-state index in [1.165, 1.54) is 19.3 Å². The maximum absolute atomic E-state index is 12.9. The van der Waals surface area contributed by atoms with Gasteiger partial charge in [-0.2, -0.15) is 13.2 Å². The van der Waals surface area contributed by atoms with Gasteiger partial charge >= 0.3 is 6.18 Å². The molecule has 0 radical (unpaired) electrons. The number of nitro groups is 1. The Labute approximate surface area is 167 Å². The molecule has 1 saturated heterocycles. The monoisotopic (exact) mass is 413 g/mol. The summed E-state index contributed by atoms with van der Waals surface area (Å²) in [5, 5.41) is 14.3. The number of nitrogens with zero attached hydrogens (tertiary/aromatic N) is 2. The molecule has 29 heavy (non-hydrogen) atoms. The van der Waals surface area contributed by atoms with Crippen molar-refractivity contribution in [2.75, 3.05) is 24.5 Å². The molecule has 1 amide bonds. The van der Waals surface area contributed by atoms with Crippen LogP contribution in [-0.4, -0.2) is 30.5 Å². The molecular weight excluding hydrogens is 387 g/mol. The number of piperidine rings is 1. The fourth-order valence-corrected chi connectivity index (χ4v) is 4.28. The van der Waals surface area contributed by atoms with E-state index < -0.39 is 22.4 Å². The first kappa shape index (κ1) is 21.4. The highest BCUT2D eigenvalue weighted by molar-refractivity contribution is 5.79. The summed E-state index contributed by atoms with van der Waals surface area (Å²) in [5.74, 6) is 0.392. The molecule has 0 atom stereocenters. The molecule has 1 aliphatic heterocycles. The Morgan fingerprint density at radius 2 is 1.79 bits per heavy atom. The van der Waals surface area contributed by atoms with Crippen LogP contribution in [0.3, 0.4) is 0 Å². The lowest BCUT2D eigenvalue weighted by molar-refractivity contribution is -0.384. The molecule has 0 bridgehead atoms. The average molecular weight is 413 g/mol. The zero-order valence-electron chi connectivity index (χ0n) is 16.2. The summed E-state index contributed by atoms with van der Waals surface area (Å²) >= 11 is 0. The molecule has 0 aromatic heterocycles. The van der Waals surface area contributed by atoms with Crippen molar-refractivity contribution in [2.24, 2.45) is 11.8 Å². The van der Waals surface area contributed by atoms with Crippen molar-refractivity contribution in [3.63, 3.8) is 0 Å². The Hall–Kier alpha value is -2.32. The minimum atomic E-state index is -4.63. The summed E-state index contributed by atoms with van der Waals surface area (Å²) in [4.78, 5) is 24.7. The first-order chi connectivity index (χ1) is 13.8. The number of rotatable bonds is 5. The van der Waals surface area contributed by atoms with E-state index in [0.29, 0.717) is 44.5 Å². The Kier molecular flexibility index (Phi) is 6.64. The summed E-state index contributed by atoms with van der Waals surface area (Å²) < 4.78 is 38.6. The zero-order chi connectivity index (χ0) is 21.0. The lowest BCUT2D eigenvalue weighted by Gasteiger charge is -2.33. The van der Waals surface area contributed by atoms with Gasteiger partial charge in [0.15, 0.2) is 0 Å². The van der Waals surface area contributed by atoms with E-state index in [0.717, 1.165) is 25.0 Å². The van der Waals surface area contributed by atoms with E-state index in [1.807, 2.05) is 0 Å². The van der Waals surface area contributed by atoms with Crippen LogP contribution in [0, 0.1) is 22.0 Å². The van der Waals surface area contributed by atoms with Gasteiger partial charge in [-0.1, -0.05) is 19.3 Å². The lowest BCUT2D eigenvalue weighted by Crippen LogP contribution is -2.42. The highest BCUT2D eigenvalue weighted by Crippen LogP contribution is 2.37. The van der Waals surface area contributed by atoms with E-state index in [-0.39, 0.29) is 17.5 Å². The Balaban J connectivity index is 1.58. The molecular formula is C20H26F3N3O3. The van der Waals surface area contributed by atoms with Crippen LogP contribution in [0.1, 0.15) is 50.5 Å². The zero-order valence-corrected chi connectivity index (χ0v) is 16.2. The Morgan fingerprint density at radius 3 is 2.38 bits per heavy atom. The number of hydrogen-bond donors (Lipinski definition) is 1. The standard InChI is InChI=1S/C20H26F3N3O3/c21-20(22,23)16-6-7-17(18(12-16)26(28)29)25-10-8-15(9-11-25)19(27)24-13-14-4-2-1-3-5-14/h6-7,12,14-15H,1-5,8-11,13H2,(H,24,27). The number of halogens is 3. The van der Waals surface area contributed by atoms with Crippen LogP contribution in [0.5, 0.6) is 0 Å². The minimum Gasteiger partial charge on any atom is -0.366 e. The first-order valence-electron chi connectivity index (χ1n) is 10.1. The van der Waals surface area contributed by atoms with Crippen molar-refractivity contribution >= 4 is 17.3 Å². The maximum Gasteiger partial charge on any atom is 0.416 e. The maximum atomic E-state index is 12.9. The van der Waals surface area contributed by atoms with Crippen molar-refractivity contribution in [3.8, 4) is 0 Å². The number of amides is 1. The van der Waals surface area contributed by atoms with Crippen LogP contribution in [0.4, 0.5) is 24.5 Å². The number of benzene rings is 1. The number of nitro benzene ring substituents is 1. The summed E-state index contributed by atoms with van der Waals surface area (Å²) in [6.07, 6.45) is 2.40. The number of nitrogens with one attached hydrogen (secondary N) is 1. The molecule has 1 aromatic rings. The molecule has 9 heteroatoms. The summed E-state index contributed by atoms with van der Waals surface area (Å²) in [6.45, 7) is 1.49. The predicted octanol–water partition coefficient (Wildman–Crippen LogP) is 4.53. The quantitative estimate of drug-likeness (QED) is 0.569. The molecule has 0 unspecified atom stereocenters. The van der Waals surface area contributed by atoms with Gasteiger partial charge in [0.25, 0.3) is 5.69 Å². The van der Waals surface area contributed by atoms with Crippen LogP contribution < -0.4 is 10.2 Å². The molecule has 1 N–H and O–H groups in total. The van der Waals surface area contributed by atoms with Gasteiger partial charge in [0, 0.05) is 31.6 Å². The summed E-state index contributed by atoms with van der Waals surface area (Å²) in [5.41, 5.74) is -1.42. The van der Waals surface area contributed by atoms with E-state index in [9.17, 15) is 28.1 Å². The van der Waals surface area contributed by atoms with Crippen molar-refractivity contribution in [3.05, 3.63) is 33.9 Å². The predicted molar refractivity (Wildman–Crippen MR) is 103 cm³/mol.